The van der Waals surface area contributed by atoms with E-state index in [1.54, 1.807) is 0 Å². The molecule has 0 aliphatic rings. The fraction of sp³-hybridized carbons (Fsp3) is 0.167. The number of hydrogen-bond donors (Lipinski definition) is 0. The molecule has 4 heteroatoms. The molecule has 2 nitrogen and oxygen atoms in total. The molecule has 0 fully saturated rings. The standard InChI is InChI=1S/C12H10BrNOS/c1-7-3-4-9(13)5-10(7)12-14-8(2)11(6-15)16-12/h3-6H,1-2H3. The topological polar surface area (TPSA) is 30.0 Å². The number of nitrogens with zero attached hydrogens (tertiary/aromatic N) is 1. The maximum absolute atomic E-state index is 10.8. The Labute approximate surface area is 106 Å². The van der Waals surface area contributed by atoms with Crippen LogP contribution < -0.4 is 0 Å². The van der Waals surface area contributed by atoms with Crippen molar-refractivity contribution in [3.05, 3.63) is 38.8 Å². The highest BCUT2D eigenvalue weighted by atomic mass is 79.9. The number of aldehydes is 1. The molecular formula is C12H10BrNOS. The van der Waals surface area contributed by atoms with Crippen LogP contribution in [0.5, 0.6) is 0 Å². The van der Waals surface area contributed by atoms with Gasteiger partial charge in [-0.2, -0.15) is 0 Å². The minimum Gasteiger partial charge on any atom is -0.297 e. The normalized spacial score (nSPS) is 10.4. The van der Waals surface area contributed by atoms with Crippen molar-refractivity contribution in [2.75, 3.05) is 0 Å². The number of hydrogen-bond acceptors (Lipinski definition) is 3. The van der Waals surface area contributed by atoms with Gasteiger partial charge >= 0.3 is 0 Å². The number of carbonyl (C=O) groups excluding carboxylic acids is 1. The van der Waals surface area contributed by atoms with Crippen LogP contribution in [0.4, 0.5) is 0 Å². The second-order valence-corrected chi connectivity index (χ2v) is 5.49. The molecule has 0 N–H and O–H groups in total. The maximum Gasteiger partial charge on any atom is 0.161 e. The smallest absolute Gasteiger partial charge is 0.161 e. The number of carbonyl (C=O) groups is 1. The number of benzene rings is 1. The second kappa shape index (κ2) is 4.47. The van der Waals surface area contributed by atoms with Crippen molar-refractivity contribution >= 4 is 33.6 Å². The van der Waals surface area contributed by atoms with Gasteiger partial charge in [-0.25, -0.2) is 4.98 Å². The Morgan fingerprint density at radius 1 is 1.38 bits per heavy atom. The predicted molar refractivity (Wildman–Crippen MR) is 70.1 cm³/mol. The monoisotopic (exact) mass is 295 g/mol. The van der Waals surface area contributed by atoms with E-state index in [4.69, 9.17) is 0 Å². The predicted octanol–water partition coefficient (Wildman–Crippen LogP) is 4.00. The van der Waals surface area contributed by atoms with Gasteiger partial charge in [-0.05, 0) is 31.5 Å². The Balaban J connectivity index is 2.57. The first-order valence-electron chi connectivity index (χ1n) is 4.81. The van der Waals surface area contributed by atoms with E-state index in [1.807, 2.05) is 32.0 Å². The summed E-state index contributed by atoms with van der Waals surface area (Å²) >= 11 is 4.88. The summed E-state index contributed by atoms with van der Waals surface area (Å²) in [4.78, 5) is 15.9. The van der Waals surface area contributed by atoms with Crippen LogP contribution in [0.15, 0.2) is 22.7 Å². The Morgan fingerprint density at radius 3 is 2.75 bits per heavy atom. The Hall–Kier alpha value is -1.00. The highest BCUT2D eigenvalue weighted by Crippen LogP contribution is 2.31. The lowest BCUT2D eigenvalue weighted by atomic mass is 10.1. The molecule has 82 valence electrons. The molecule has 16 heavy (non-hydrogen) atoms. The van der Waals surface area contributed by atoms with Crippen LogP contribution >= 0.6 is 27.3 Å². The molecule has 0 unspecified atom stereocenters. The Bertz CT molecular complexity index is 548. The fourth-order valence-corrected chi connectivity index (χ4v) is 2.78. The van der Waals surface area contributed by atoms with Crippen LogP contribution in [-0.2, 0) is 0 Å². The third-order valence-corrected chi connectivity index (χ3v) is 3.98. The lowest BCUT2D eigenvalue weighted by Gasteiger charge is -2.02. The van der Waals surface area contributed by atoms with Crippen molar-refractivity contribution in [1.82, 2.24) is 4.98 Å². The second-order valence-electron chi connectivity index (χ2n) is 3.55. The van der Waals surface area contributed by atoms with Gasteiger partial charge in [0.25, 0.3) is 0 Å². The van der Waals surface area contributed by atoms with Crippen molar-refractivity contribution in [2.24, 2.45) is 0 Å². The molecule has 0 aliphatic carbocycles. The molecule has 1 aromatic carbocycles. The van der Waals surface area contributed by atoms with E-state index >= 15 is 0 Å². The average Bonchev–Trinajstić information content (AvgIpc) is 2.63. The highest BCUT2D eigenvalue weighted by Gasteiger charge is 2.10. The lowest BCUT2D eigenvalue weighted by Crippen LogP contribution is -1.83. The summed E-state index contributed by atoms with van der Waals surface area (Å²) in [5.74, 6) is 0. The third-order valence-electron chi connectivity index (χ3n) is 2.37. The van der Waals surface area contributed by atoms with Crippen molar-refractivity contribution in [2.45, 2.75) is 13.8 Å². The minimum atomic E-state index is 0.703. The summed E-state index contributed by atoms with van der Waals surface area (Å²) in [7, 11) is 0. The van der Waals surface area contributed by atoms with Gasteiger partial charge in [-0.15, -0.1) is 11.3 Å². The highest BCUT2D eigenvalue weighted by molar-refractivity contribution is 9.10. The van der Waals surface area contributed by atoms with Gasteiger partial charge in [0, 0.05) is 10.0 Å². The number of aromatic nitrogens is 1. The summed E-state index contributed by atoms with van der Waals surface area (Å²) in [6.45, 7) is 3.90. The SMILES string of the molecule is Cc1ccc(Br)cc1-c1nc(C)c(C=O)s1. The van der Waals surface area contributed by atoms with E-state index in [-0.39, 0.29) is 0 Å². The Kier molecular flexibility index (Phi) is 3.21. The molecule has 0 spiro atoms. The molecule has 0 amide bonds. The first-order valence-corrected chi connectivity index (χ1v) is 6.42. The third kappa shape index (κ3) is 2.08. The van der Waals surface area contributed by atoms with Crippen molar-refractivity contribution in [1.29, 1.82) is 0 Å². The largest absolute Gasteiger partial charge is 0.297 e. The molecule has 0 saturated carbocycles. The molecule has 2 rings (SSSR count). The van der Waals surface area contributed by atoms with Gasteiger partial charge in [-0.3, -0.25) is 4.79 Å². The van der Waals surface area contributed by atoms with Crippen LogP contribution in [0.3, 0.4) is 0 Å². The van der Waals surface area contributed by atoms with Crippen molar-refractivity contribution < 1.29 is 4.79 Å². The molecule has 0 radical (unpaired) electrons. The molecule has 1 heterocycles. The lowest BCUT2D eigenvalue weighted by molar-refractivity contribution is 0.112. The van der Waals surface area contributed by atoms with Gasteiger partial charge in [-0.1, -0.05) is 22.0 Å². The average molecular weight is 296 g/mol. The fourth-order valence-electron chi connectivity index (χ4n) is 1.46. The minimum absolute atomic E-state index is 0.703. The number of rotatable bonds is 2. The molecule has 0 bridgehead atoms. The zero-order chi connectivity index (χ0) is 11.7. The zero-order valence-electron chi connectivity index (χ0n) is 8.95. The van der Waals surface area contributed by atoms with Gasteiger partial charge in [0.05, 0.1) is 10.6 Å². The van der Waals surface area contributed by atoms with E-state index in [2.05, 4.69) is 20.9 Å². The van der Waals surface area contributed by atoms with E-state index in [0.29, 0.717) is 4.88 Å². The van der Waals surface area contributed by atoms with Crippen molar-refractivity contribution in [3.63, 3.8) is 0 Å². The molecular weight excluding hydrogens is 286 g/mol. The molecule has 0 atom stereocenters. The van der Waals surface area contributed by atoms with Crippen LogP contribution in [-0.4, -0.2) is 11.3 Å². The number of aryl methyl sites for hydroxylation is 2. The summed E-state index contributed by atoms with van der Waals surface area (Å²) in [5, 5.41) is 0.901. The number of halogens is 1. The van der Waals surface area contributed by atoms with Gasteiger partial charge in [0.2, 0.25) is 0 Å². The molecule has 0 saturated heterocycles. The summed E-state index contributed by atoms with van der Waals surface area (Å²) < 4.78 is 1.02. The van der Waals surface area contributed by atoms with Crippen molar-refractivity contribution in [3.8, 4) is 10.6 Å². The van der Waals surface area contributed by atoms with E-state index in [9.17, 15) is 4.79 Å². The van der Waals surface area contributed by atoms with Gasteiger partial charge in [0.15, 0.2) is 6.29 Å². The Morgan fingerprint density at radius 2 is 2.12 bits per heavy atom. The van der Waals surface area contributed by atoms with Crippen LogP contribution in [0.1, 0.15) is 20.9 Å². The van der Waals surface area contributed by atoms with Gasteiger partial charge < -0.3 is 0 Å². The van der Waals surface area contributed by atoms with Gasteiger partial charge in [0.1, 0.15) is 5.01 Å². The van der Waals surface area contributed by atoms with Crippen LogP contribution in [0, 0.1) is 13.8 Å². The van der Waals surface area contributed by atoms with E-state index in [0.717, 1.165) is 32.6 Å². The molecule has 1 aromatic heterocycles. The molecule has 2 aromatic rings. The van der Waals surface area contributed by atoms with E-state index < -0.39 is 0 Å². The summed E-state index contributed by atoms with van der Waals surface area (Å²) in [6.07, 6.45) is 0.865. The summed E-state index contributed by atoms with van der Waals surface area (Å²) in [5.41, 5.74) is 3.04. The maximum atomic E-state index is 10.8. The first-order chi connectivity index (χ1) is 7.61. The van der Waals surface area contributed by atoms with E-state index in [1.165, 1.54) is 11.3 Å². The number of thiazole rings is 1. The first kappa shape index (κ1) is 11.5. The zero-order valence-corrected chi connectivity index (χ0v) is 11.4. The molecule has 0 aliphatic heterocycles. The summed E-state index contributed by atoms with van der Waals surface area (Å²) in [6, 6.07) is 6.07. The quantitative estimate of drug-likeness (QED) is 0.784. The van der Waals surface area contributed by atoms with Crippen LogP contribution in [0.25, 0.3) is 10.6 Å². The van der Waals surface area contributed by atoms with Crippen LogP contribution in [0.2, 0.25) is 0 Å².